The molecule has 0 fully saturated rings. The number of amides is 1. The summed E-state index contributed by atoms with van der Waals surface area (Å²) >= 11 is 0. The van der Waals surface area contributed by atoms with Crippen LogP contribution >= 0.6 is 0 Å². The third kappa shape index (κ3) is 5.73. The first-order valence-electron chi connectivity index (χ1n) is 7.09. The lowest BCUT2D eigenvalue weighted by molar-refractivity contribution is 0.0275. The van der Waals surface area contributed by atoms with E-state index in [1.807, 2.05) is 30.3 Å². The Kier molecular flexibility index (Phi) is 5.75. The summed E-state index contributed by atoms with van der Waals surface area (Å²) in [5.41, 5.74) is 5.09. The Morgan fingerprint density at radius 1 is 1.29 bits per heavy atom. The zero-order valence-corrected chi connectivity index (χ0v) is 13.2. The van der Waals surface area contributed by atoms with Crippen LogP contribution in [-0.2, 0) is 11.2 Å². The van der Waals surface area contributed by atoms with Gasteiger partial charge in [-0.2, -0.15) is 0 Å². The second kappa shape index (κ2) is 6.91. The first-order chi connectivity index (χ1) is 9.66. The molecule has 0 heterocycles. The van der Waals surface area contributed by atoms with E-state index < -0.39 is 23.3 Å². The van der Waals surface area contributed by atoms with Gasteiger partial charge in [0.15, 0.2) is 0 Å². The number of hydrogen-bond donors (Lipinski definition) is 3. The molecule has 118 valence electrons. The number of carbonyl (C=O) groups excluding carboxylic acids is 1. The predicted octanol–water partition coefficient (Wildman–Crippen LogP) is 1.83. The van der Waals surface area contributed by atoms with Crippen LogP contribution < -0.4 is 11.1 Å². The van der Waals surface area contributed by atoms with Crippen LogP contribution in [-0.4, -0.2) is 35.0 Å². The average Bonchev–Trinajstić information content (AvgIpc) is 2.36. The largest absolute Gasteiger partial charge is 0.444 e. The highest BCUT2D eigenvalue weighted by atomic mass is 16.6. The van der Waals surface area contributed by atoms with Crippen molar-refractivity contribution in [3.05, 3.63) is 35.9 Å². The maximum absolute atomic E-state index is 12.0. The molecule has 5 heteroatoms. The monoisotopic (exact) mass is 294 g/mol. The lowest BCUT2D eigenvalue weighted by Gasteiger charge is -2.35. The van der Waals surface area contributed by atoms with Crippen molar-refractivity contribution in [3.8, 4) is 0 Å². The van der Waals surface area contributed by atoms with Crippen molar-refractivity contribution in [1.29, 1.82) is 0 Å². The maximum Gasteiger partial charge on any atom is 0.408 e. The second-order valence-corrected chi connectivity index (χ2v) is 6.46. The van der Waals surface area contributed by atoms with E-state index in [1.165, 1.54) is 0 Å². The highest BCUT2D eigenvalue weighted by Gasteiger charge is 2.35. The number of benzene rings is 1. The van der Waals surface area contributed by atoms with Crippen LogP contribution in [0.1, 0.15) is 33.3 Å². The number of aliphatic hydroxyl groups is 1. The quantitative estimate of drug-likeness (QED) is 0.773. The highest BCUT2D eigenvalue weighted by Crippen LogP contribution is 2.18. The third-order valence-corrected chi connectivity index (χ3v) is 3.16. The van der Waals surface area contributed by atoms with Gasteiger partial charge >= 0.3 is 6.09 Å². The number of aliphatic hydroxyl groups excluding tert-OH is 1. The van der Waals surface area contributed by atoms with Crippen molar-refractivity contribution >= 4 is 6.09 Å². The molecule has 4 N–H and O–H groups in total. The molecule has 1 amide bonds. The van der Waals surface area contributed by atoms with Crippen molar-refractivity contribution in [2.45, 2.75) is 51.4 Å². The smallest absolute Gasteiger partial charge is 0.408 e. The summed E-state index contributed by atoms with van der Waals surface area (Å²) < 4.78 is 5.26. The molecule has 0 bridgehead atoms. The van der Waals surface area contributed by atoms with E-state index in [0.717, 1.165) is 5.56 Å². The van der Waals surface area contributed by atoms with E-state index in [1.54, 1.807) is 27.7 Å². The minimum Gasteiger partial charge on any atom is -0.444 e. The molecule has 0 spiro atoms. The fraction of sp³-hybridized carbons (Fsp3) is 0.562. The Morgan fingerprint density at radius 2 is 1.86 bits per heavy atom. The fourth-order valence-electron chi connectivity index (χ4n) is 2.06. The van der Waals surface area contributed by atoms with Gasteiger partial charge in [-0.3, -0.25) is 0 Å². The molecule has 21 heavy (non-hydrogen) atoms. The van der Waals surface area contributed by atoms with Crippen LogP contribution in [0.4, 0.5) is 4.79 Å². The van der Waals surface area contributed by atoms with Gasteiger partial charge in [-0.25, -0.2) is 4.79 Å². The molecule has 0 aliphatic rings. The maximum atomic E-state index is 12.0. The molecule has 0 saturated heterocycles. The Balaban J connectivity index is 2.86. The van der Waals surface area contributed by atoms with Crippen molar-refractivity contribution in [2.24, 2.45) is 5.73 Å². The van der Waals surface area contributed by atoms with Gasteiger partial charge in [0.05, 0.1) is 11.6 Å². The molecule has 0 aromatic heterocycles. The van der Waals surface area contributed by atoms with Gasteiger partial charge in [-0.05, 0) is 39.7 Å². The first kappa shape index (κ1) is 17.5. The molecule has 1 aromatic rings. The normalized spacial score (nSPS) is 15.9. The Bertz CT molecular complexity index is 456. The summed E-state index contributed by atoms with van der Waals surface area (Å²) in [6.07, 6.45) is -0.968. The van der Waals surface area contributed by atoms with Crippen LogP contribution in [0.2, 0.25) is 0 Å². The summed E-state index contributed by atoms with van der Waals surface area (Å²) in [4.78, 5) is 12.0. The molecule has 2 unspecified atom stereocenters. The first-order valence-corrected chi connectivity index (χ1v) is 7.09. The van der Waals surface area contributed by atoms with Gasteiger partial charge in [-0.15, -0.1) is 0 Å². The summed E-state index contributed by atoms with van der Waals surface area (Å²) in [6.45, 7) is 7.20. The Hall–Kier alpha value is -1.59. The van der Waals surface area contributed by atoms with Crippen LogP contribution in [0.15, 0.2) is 30.3 Å². The van der Waals surface area contributed by atoms with Crippen molar-refractivity contribution in [3.63, 3.8) is 0 Å². The standard InChI is InChI=1S/C16H26N2O3/c1-15(2,3)21-14(20)18-16(4,13(19)11-17)10-12-8-6-5-7-9-12/h5-9,13,19H,10-11,17H2,1-4H3,(H,18,20). The number of nitrogens with one attached hydrogen (secondary N) is 1. The molecular weight excluding hydrogens is 268 g/mol. The van der Waals surface area contributed by atoms with Gasteiger partial charge < -0.3 is 20.9 Å². The fourth-order valence-corrected chi connectivity index (χ4v) is 2.06. The van der Waals surface area contributed by atoms with Gasteiger partial charge in [0, 0.05) is 6.54 Å². The van der Waals surface area contributed by atoms with Crippen molar-refractivity contribution in [2.75, 3.05) is 6.54 Å². The molecule has 0 aliphatic carbocycles. The molecule has 0 radical (unpaired) electrons. The lowest BCUT2D eigenvalue weighted by atomic mass is 9.87. The number of nitrogens with two attached hydrogens (primary N) is 1. The van der Waals surface area contributed by atoms with Crippen LogP contribution in [0.25, 0.3) is 0 Å². The summed E-state index contributed by atoms with van der Waals surface area (Å²) in [7, 11) is 0. The zero-order valence-electron chi connectivity index (χ0n) is 13.2. The van der Waals surface area contributed by atoms with E-state index >= 15 is 0 Å². The minimum absolute atomic E-state index is 0.0547. The summed E-state index contributed by atoms with van der Waals surface area (Å²) in [6, 6.07) is 9.63. The number of carbonyl (C=O) groups is 1. The van der Waals surface area contributed by atoms with Gasteiger partial charge in [-0.1, -0.05) is 30.3 Å². The predicted molar refractivity (Wildman–Crippen MR) is 83.0 cm³/mol. The molecular formula is C16H26N2O3. The summed E-state index contributed by atoms with van der Waals surface area (Å²) in [5, 5.41) is 12.9. The number of alkyl carbamates (subject to hydrolysis) is 1. The number of hydrogen-bond acceptors (Lipinski definition) is 4. The molecule has 0 aliphatic heterocycles. The van der Waals surface area contributed by atoms with Crippen LogP contribution in [0.3, 0.4) is 0 Å². The third-order valence-electron chi connectivity index (χ3n) is 3.16. The summed E-state index contributed by atoms with van der Waals surface area (Å²) in [5.74, 6) is 0. The van der Waals surface area contributed by atoms with E-state index in [4.69, 9.17) is 10.5 Å². The second-order valence-electron chi connectivity index (χ2n) is 6.46. The van der Waals surface area contributed by atoms with Gasteiger partial charge in [0.1, 0.15) is 5.60 Å². The van der Waals surface area contributed by atoms with Crippen LogP contribution in [0, 0.1) is 0 Å². The topological polar surface area (TPSA) is 84.6 Å². The van der Waals surface area contributed by atoms with Crippen molar-refractivity contribution < 1.29 is 14.6 Å². The lowest BCUT2D eigenvalue weighted by Crippen LogP contribution is -2.59. The highest BCUT2D eigenvalue weighted by molar-refractivity contribution is 5.69. The Labute approximate surface area is 126 Å². The van der Waals surface area contributed by atoms with E-state index in [9.17, 15) is 9.90 Å². The number of ether oxygens (including phenoxy) is 1. The SMILES string of the molecule is CC(C)(C)OC(=O)NC(C)(Cc1ccccc1)C(O)CN. The molecule has 2 atom stereocenters. The van der Waals surface area contributed by atoms with Gasteiger partial charge in [0.2, 0.25) is 0 Å². The minimum atomic E-state index is -0.890. The molecule has 0 saturated carbocycles. The van der Waals surface area contributed by atoms with E-state index in [2.05, 4.69) is 5.32 Å². The van der Waals surface area contributed by atoms with Crippen LogP contribution in [0.5, 0.6) is 0 Å². The molecule has 1 aromatic carbocycles. The van der Waals surface area contributed by atoms with Gasteiger partial charge in [0.25, 0.3) is 0 Å². The van der Waals surface area contributed by atoms with Crippen molar-refractivity contribution in [1.82, 2.24) is 5.32 Å². The van der Waals surface area contributed by atoms with E-state index in [-0.39, 0.29) is 6.54 Å². The molecule has 5 nitrogen and oxygen atoms in total. The number of rotatable bonds is 5. The average molecular weight is 294 g/mol. The molecule has 1 rings (SSSR count). The Morgan fingerprint density at radius 3 is 2.33 bits per heavy atom. The van der Waals surface area contributed by atoms with E-state index in [0.29, 0.717) is 6.42 Å². The zero-order chi connectivity index (χ0) is 16.1.